The second kappa shape index (κ2) is 5.90. The molecule has 2 aliphatic rings. The van der Waals surface area contributed by atoms with Crippen LogP contribution in [-0.2, 0) is 13.1 Å². The van der Waals surface area contributed by atoms with Gasteiger partial charge in [-0.2, -0.15) is 0 Å². The lowest BCUT2D eigenvalue weighted by molar-refractivity contribution is 0.104. The smallest absolute Gasteiger partial charge is 0.118 e. The Hall–Kier alpha value is -0.800. The molecule has 1 aliphatic heterocycles. The zero-order valence-electron chi connectivity index (χ0n) is 13.0. The van der Waals surface area contributed by atoms with Gasteiger partial charge in [0.1, 0.15) is 5.76 Å². The number of nitrogens with zero attached hydrogens (tertiary/aromatic N) is 1. The Bertz CT molecular complexity index is 428. The van der Waals surface area contributed by atoms with Crippen LogP contribution in [0, 0.1) is 5.41 Å². The van der Waals surface area contributed by atoms with Gasteiger partial charge in [0.2, 0.25) is 0 Å². The average molecular weight is 276 g/mol. The van der Waals surface area contributed by atoms with E-state index in [1.165, 1.54) is 50.8 Å². The Morgan fingerprint density at radius 1 is 1.35 bits per heavy atom. The monoisotopic (exact) mass is 276 g/mol. The van der Waals surface area contributed by atoms with Crippen LogP contribution >= 0.6 is 0 Å². The van der Waals surface area contributed by atoms with Crippen LogP contribution in [0.2, 0.25) is 0 Å². The third-order valence-corrected chi connectivity index (χ3v) is 5.18. The summed E-state index contributed by atoms with van der Waals surface area (Å²) in [6.45, 7) is 9.10. The minimum Gasteiger partial charge on any atom is -0.468 e. The van der Waals surface area contributed by atoms with Crippen LogP contribution in [0.1, 0.15) is 57.3 Å². The van der Waals surface area contributed by atoms with E-state index in [-0.39, 0.29) is 0 Å². The maximum atomic E-state index is 5.72. The zero-order chi connectivity index (χ0) is 14.0. The number of hydrogen-bond acceptors (Lipinski definition) is 3. The molecule has 3 heteroatoms. The first-order chi connectivity index (χ1) is 9.67. The molecule has 0 unspecified atom stereocenters. The summed E-state index contributed by atoms with van der Waals surface area (Å²) in [6.07, 6.45) is 8.55. The molecule has 0 spiro atoms. The summed E-state index contributed by atoms with van der Waals surface area (Å²) in [4.78, 5) is 2.54. The van der Waals surface area contributed by atoms with Crippen molar-refractivity contribution in [3.63, 3.8) is 0 Å². The molecule has 20 heavy (non-hydrogen) atoms. The second-order valence-corrected chi connectivity index (χ2v) is 7.02. The summed E-state index contributed by atoms with van der Waals surface area (Å²) in [5.41, 5.74) is 1.86. The highest BCUT2D eigenvalue weighted by atomic mass is 16.3. The number of furan rings is 1. The Labute approximate surface area is 122 Å². The first-order valence-corrected chi connectivity index (χ1v) is 8.19. The second-order valence-electron chi connectivity index (χ2n) is 7.02. The van der Waals surface area contributed by atoms with Crippen LogP contribution in [0.3, 0.4) is 0 Å². The van der Waals surface area contributed by atoms with Crippen molar-refractivity contribution in [3.05, 3.63) is 23.7 Å². The minimum absolute atomic E-state index is 0.568. The molecule has 3 rings (SSSR count). The van der Waals surface area contributed by atoms with Gasteiger partial charge in [0.15, 0.2) is 0 Å². The highest BCUT2D eigenvalue weighted by Gasteiger charge is 2.28. The number of piperidine rings is 1. The Kier molecular flexibility index (Phi) is 4.18. The molecule has 0 amide bonds. The molecule has 1 N–H and O–H groups in total. The van der Waals surface area contributed by atoms with Crippen molar-refractivity contribution in [2.24, 2.45) is 5.41 Å². The molecular weight excluding hydrogens is 248 g/mol. The van der Waals surface area contributed by atoms with E-state index in [0.29, 0.717) is 5.41 Å². The fraction of sp³-hybridized carbons (Fsp3) is 0.765. The van der Waals surface area contributed by atoms with Crippen molar-refractivity contribution in [2.75, 3.05) is 13.1 Å². The normalized spacial score (nSPS) is 23.1. The minimum atomic E-state index is 0.568. The van der Waals surface area contributed by atoms with Crippen molar-refractivity contribution in [3.8, 4) is 0 Å². The van der Waals surface area contributed by atoms with Gasteiger partial charge in [0, 0.05) is 18.2 Å². The van der Waals surface area contributed by atoms with Gasteiger partial charge in [-0.25, -0.2) is 0 Å². The van der Waals surface area contributed by atoms with E-state index in [2.05, 4.69) is 30.1 Å². The molecule has 1 aromatic rings. The van der Waals surface area contributed by atoms with E-state index in [1.54, 1.807) is 0 Å². The molecular formula is C17H28N2O. The van der Waals surface area contributed by atoms with E-state index in [9.17, 15) is 0 Å². The standard InChI is InChI=1S/C17H28N2O/c1-3-17(2)6-8-19(9-7-17)12-16-10-14(13-20-16)11-18-15-4-5-15/h10,13,15,18H,3-9,11-12H2,1-2H3. The van der Waals surface area contributed by atoms with E-state index in [4.69, 9.17) is 4.42 Å². The number of nitrogens with one attached hydrogen (secondary N) is 1. The van der Waals surface area contributed by atoms with Gasteiger partial charge in [0.25, 0.3) is 0 Å². The van der Waals surface area contributed by atoms with Crippen molar-refractivity contribution in [2.45, 2.75) is 65.1 Å². The quantitative estimate of drug-likeness (QED) is 0.861. The van der Waals surface area contributed by atoms with Crippen LogP contribution in [0.25, 0.3) is 0 Å². The number of rotatable bonds is 6. The SMILES string of the molecule is CCC1(C)CCN(Cc2cc(CNC3CC3)co2)CC1. The molecule has 1 saturated carbocycles. The zero-order valence-corrected chi connectivity index (χ0v) is 13.0. The van der Waals surface area contributed by atoms with Crippen LogP contribution in [-0.4, -0.2) is 24.0 Å². The predicted molar refractivity (Wildman–Crippen MR) is 81.5 cm³/mol. The van der Waals surface area contributed by atoms with E-state index >= 15 is 0 Å². The van der Waals surface area contributed by atoms with Gasteiger partial charge in [0.05, 0.1) is 12.8 Å². The maximum absolute atomic E-state index is 5.72. The molecule has 1 aromatic heterocycles. The van der Waals surface area contributed by atoms with Gasteiger partial charge >= 0.3 is 0 Å². The molecule has 3 nitrogen and oxygen atoms in total. The molecule has 0 aromatic carbocycles. The Morgan fingerprint density at radius 2 is 2.10 bits per heavy atom. The predicted octanol–water partition coefficient (Wildman–Crippen LogP) is 3.54. The summed E-state index contributed by atoms with van der Waals surface area (Å²) in [5.74, 6) is 1.12. The molecule has 2 fully saturated rings. The van der Waals surface area contributed by atoms with Gasteiger partial charge in [-0.15, -0.1) is 0 Å². The highest BCUT2D eigenvalue weighted by molar-refractivity contribution is 5.13. The van der Waals surface area contributed by atoms with Crippen LogP contribution in [0.15, 0.2) is 16.7 Å². The summed E-state index contributed by atoms with van der Waals surface area (Å²) in [6, 6.07) is 2.99. The summed E-state index contributed by atoms with van der Waals surface area (Å²) < 4.78 is 5.72. The van der Waals surface area contributed by atoms with Gasteiger partial charge in [-0.1, -0.05) is 20.3 Å². The molecule has 0 atom stereocenters. The first-order valence-electron chi connectivity index (χ1n) is 8.19. The average Bonchev–Trinajstić information content (AvgIpc) is 3.19. The fourth-order valence-electron chi connectivity index (χ4n) is 2.98. The Morgan fingerprint density at radius 3 is 2.75 bits per heavy atom. The lowest BCUT2D eigenvalue weighted by Gasteiger charge is -2.38. The van der Waals surface area contributed by atoms with Crippen LogP contribution in [0.4, 0.5) is 0 Å². The van der Waals surface area contributed by atoms with Gasteiger partial charge in [-0.05, 0) is 50.3 Å². The maximum Gasteiger partial charge on any atom is 0.118 e. The van der Waals surface area contributed by atoms with E-state index < -0.39 is 0 Å². The topological polar surface area (TPSA) is 28.4 Å². The van der Waals surface area contributed by atoms with Crippen LogP contribution < -0.4 is 5.32 Å². The molecule has 112 valence electrons. The summed E-state index contributed by atoms with van der Waals surface area (Å²) in [7, 11) is 0. The van der Waals surface area contributed by atoms with Crippen molar-refractivity contribution in [1.82, 2.24) is 10.2 Å². The van der Waals surface area contributed by atoms with Gasteiger partial charge < -0.3 is 9.73 Å². The van der Waals surface area contributed by atoms with Crippen LogP contribution in [0.5, 0.6) is 0 Å². The van der Waals surface area contributed by atoms with E-state index in [1.807, 2.05) is 6.26 Å². The number of hydrogen-bond donors (Lipinski definition) is 1. The third-order valence-electron chi connectivity index (χ3n) is 5.18. The summed E-state index contributed by atoms with van der Waals surface area (Å²) >= 11 is 0. The third kappa shape index (κ3) is 3.64. The first kappa shape index (κ1) is 14.2. The lowest BCUT2D eigenvalue weighted by Crippen LogP contribution is -2.37. The molecule has 2 heterocycles. The van der Waals surface area contributed by atoms with Crippen molar-refractivity contribution in [1.29, 1.82) is 0 Å². The fourth-order valence-corrected chi connectivity index (χ4v) is 2.98. The molecule has 0 bridgehead atoms. The van der Waals surface area contributed by atoms with Gasteiger partial charge in [-0.3, -0.25) is 4.90 Å². The van der Waals surface area contributed by atoms with E-state index in [0.717, 1.165) is 24.9 Å². The molecule has 1 saturated heterocycles. The van der Waals surface area contributed by atoms with Crippen molar-refractivity contribution >= 4 is 0 Å². The molecule has 0 radical (unpaired) electrons. The number of likely N-dealkylation sites (tertiary alicyclic amines) is 1. The summed E-state index contributed by atoms with van der Waals surface area (Å²) in [5, 5.41) is 3.53. The Balaban J connectivity index is 1.46. The van der Waals surface area contributed by atoms with Crippen molar-refractivity contribution < 1.29 is 4.42 Å². The largest absolute Gasteiger partial charge is 0.468 e. The lowest BCUT2D eigenvalue weighted by atomic mass is 9.78. The molecule has 1 aliphatic carbocycles. The highest BCUT2D eigenvalue weighted by Crippen LogP contribution is 2.34.